The van der Waals surface area contributed by atoms with Crippen molar-refractivity contribution in [1.29, 1.82) is 0 Å². The van der Waals surface area contributed by atoms with E-state index in [4.69, 9.17) is 5.11 Å². The predicted molar refractivity (Wildman–Crippen MR) is 85.7 cm³/mol. The van der Waals surface area contributed by atoms with Crippen molar-refractivity contribution in [2.24, 2.45) is 0 Å². The lowest BCUT2D eigenvalue weighted by Gasteiger charge is -2.14. The third kappa shape index (κ3) is 6.97. The Morgan fingerprint density at radius 1 is 1.38 bits per heavy atom. The topological polar surface area (TPSA) is 49.3 Å². The number of hydrogen-bond acceptors (Lipinski definition) is 2. The monoisotopic (exact) mass is 287 g/mol. The Labute approximate surface area is 127 Å². The van der Waals surface area contributed by atoms with Crippen molar-refractivity contribution in [2.45, 2.75) is 52.0 Å². The maximum Gasteiger partial charge on any atom is 0.220 e. The number of aliphatic hydroxyl groups excluding tert-OH is 1. The molecule has 0 aromatic heterocycles. The Hall–Kier alpha value is -1.79. The van der Waals surface area contributed by atoms with E-state index in [2.05, 4.69) is 24.1 Å². The maximum atomic E-state index is 11.8. The Balaban J connectivity index is 2.58. The first-order valence-corrected chi connectivity index (χ1v) is 7.66. The third-order valence-corrected chi connectivity index (χ3v) is 3.24. The minimum atomic E-state index is -0.0151. The summed E-state index contributed by atoms with van der Waals surface area (Å²) in [5.41, 5.74) is 1.96. The van der Waals surface area contributed by atoms with E-state index >= 15 is 0 Å². The fourth-order valence-corrected chi connectivity index (χ4v) is 2.04. The van der Waals surface area contributed by atoms with Crippen LogP contribution in [0.25, 0.3) is 0 Å². The fourth-order valence-electron chi connectivity index (χ4n) is 2.04. The summed E-state index contributed by atoms with van der Waals surface area (Å²) < 4.78 is 0. The number of carbonyl (C=O) groups is 1. The van der Waals surface area contributed by atoms with Gasteiger partial charge in [-0.1, -0.05) is 43.7 Å². The molecule has 3 heteroatoms. The molecule has 21 heavy (non-hydrogen) atoms. The number of nitrogens with one attached hydrogen (secondary N) is 1. The lowest BCUT2D eigenvalue weighted by atomic mass is 10.0. The van der Waals surface area contributed by atoms with Gasteiger partial charge >= 0.3 is 0 Å². The smallest absolute Gasteiger partial charge is 0.220 e. The molecule has 0 saturated carbocycles. The predicted octanol–water partition coefficient (Wildman–Crippen LogP) is 3.18. The lowest BCUT2D eigenvalue weighted by molar-refractivity contribution is -0.121. The lowest BCUT2D eigenvalue weighted by Crippen LogP contribution is -2.26. The van der Waals surface area contributed by atoms with Crippen LogP contribution in [-0.4, -0.2) is 17.6 Å². The van der Waals surface area contributed by atoms with Gasteiger partial charge in [-0.2, -0.15) is 0 Å². The maximum absolute atomic E-state index is 11.8. The van der Waals surface area contributed by atoms with Gasteiger partial charge in [-0.15, -0.1) is 0 Å². The number of unbranched alkanes of at least 4 members (excludes halogenated alkanes) is 2. The molecule has 1 unspecified atom stereocenters. The van der Waals surface area contributed by atoms with Crippen LogP contribution in [0.4, 0.5) is 0 Å². The van der Waals surface area contributed by atoms with Crippen LogP contribution in [0.3, 0.4) is 0 Å². The first kappa shape index (κ1) is 17.3. The van der Waals surface area contributed by atoms with Gasteiger partial charge in [0.1, 0.15) is 0 Å². The summed E-state index contributed by atoms with van der Waals surface area (Å²) in [5, 5.41) is 11.7. The molecule has 1 atom stereocenters. The van der Waals surface area contributed by atoms with Crippen LogP contribution in [0.5, 0.6) is 0 Å². The highest BCUT2D eigenvalue weighted by molar-refractivity contribution is 5.76. The normalized spacial score (nSPS) is 11.4. The molecule has 0 aliphatic heterocycles. The summed E-state index contributed by atoms with van der Waals surface area (Å²) in [4.78, 5) is 11.8. The van der Waals surface area contributed by atoms with Gasteiger partial charge in [0.05, 0.1) is 12.6 Å². The molecule has 1 amide bonds. The van der Waals surface area contributed by atoms with Crippen molar-refractivity contribution in [3.8, 4) is 11.8 Å². The Morgan fingerprint density at radius 3 is 2.90 bits per heavy atom. The molecule has 2 N–H and O–H groups in total. The SMILES string of the molecule is CCCCCC(=O)NC(C)c1cccc(C#CCCO)c1. The van der Waals surface area contributed by atoms with Crippen LogP contribution >= 0.6 is 0 Å². The second kappa shape index (κ2) is 10.0. The Kier molecular flexibility index (Phi) is 8.23. The molecule has 0 radical (unpaired) electrons. The largest absolute Gasteiger partial charge is 0.395 e. The van der Waals surface area contributed by atoms with Crippen LogP contribution in [0.1, 0.15) is 63.1 Å². The summed E-state index contributed by atoms with van der Waals surface area (Å²) in [6.45, 7) is 4.19. The third-order valence-electron chi connectivity index (χ3n) is 3.24. The molecular weight excluding hydrogens is 262 g/mol. The molecule has 114 valence electrons. The fraction of sp³-hybridized carbons (Fsp3) is 0.500. The van der Waals surface area contributed by atoms with E-state index in [0.717, 1.165) is 30.4 Å². The molecule has 1 rings (SSSR count). The number of carbonyl (C=O) groups excluding carboxylic acids is 1. The van der Waals surface area contributed by atoms with Crippen molar-refractivity contribution in [1.82, 2.24) is 5.32 Å². The van der Waals surface area contributed by atoms with Crippen molar-refractivity contribution in [3.63, 3.8) is 0 Å². The average molecular weight is 287 g/mol. The number of rotatable bonds is 7. The number of hydrogen-bond donors (Lipinski definition) is 2. The van der Waals surface area contributed by atoms with E-state index in [9.17, 15) is 4.79 Å². The number of benzene rings is 1. The zero-order chi connectivity index (χ0) is 15.5. The molecule has 0 saturated heterocycles. The highest BCUT2D eigenvalue weighted by atomic mass is 16.2. The minimum absolute atomic E-state index is 0.0151. The van der Waals surface area contributed by atoms with Gasteiger partial charge in [0.25, 0.3) is 0 Å². The number of aliphatic hydroxyl groups is 1. The van der Waals surface area contributed by atoms with E-state index in [1.165, 1.54) is 0 Å². The van der Waals surface area contributed by atoms with Crippen LogP contribution < -0.4 is 5.32 Å². The highest BCUT2D eigenvalue weighted by Gasteiger charge is 2.09. The quantitative estimate of drug-likeness (QED) is 0.598. The number of amides is 1. The second-order valence-corrected chi connectivity index (χ2v) is 5.15. The Morgan fingerprint density at radius 2 is 2.19 bits per heavy atom. The highest BCUT2D eigenvalue weighted by Crippen LogP contribution is 2.14. The summed E-state index contributed by atoms with van der Waals surface area (Å²) >= 11 is 0. The van der Waals surface area contributed by atoms with Crippen LogP contribution in [-0.2, 0) is 4.79 Å². The van der Waals surface area contributed by atoms with Gasteiger partial charge in [-0.3, -0.25) is 4.79 Å². The Bertz CT molecular complexity index is 499. The summed E-state index contributed by atoms with van der Waals surface area (Å²) in [7, 11) is 0. The summed E-state index contributed by atoms with van der Waals surface area (Å²) in [6, 6.07) is 7.84. The van der Waals surface area contributed by atoms with Crippen molar-refractivity contribution in [3.05, 3.63) is 35.4 Å². The van der Waals surface area contributed by atoms with E-state index in [-0.39, 0.29) is 18.6 Å². The zero-order valence-corrected chi connectivity index (χ0v) is 13.0. The molecule has 0 spiro atoms. The standard InChI is InChI=1S/C18H25NO2/c1-3-4-5-12-18(21)19-15(2)17-11-8-10-16(14-17)9-6-7-13-20/h8,10-11,14-15,20H,3-5,7,12-13H2,1-2H3,(H,19,21). The zero-order valence-electron chi connectivity index (χ0n) is 13.0. The first-order valence-electron chi connectivity index (χ1n) is 7.66. The van der Waals surface area contributed by atoms with E-state index < -0.39 is 0 Å². The van der Waals surface area contributed by atoms with Crippen molar-refractivity contribution < 1.29 is 9.90 Å². The van der Waals surface area contributed by atoms with E-state index in [0.29, 0.717) is 12.8 Å². The van der Waals surface area contributed by atoms with Crippen LogP contribution in [0.15, 0.2) is 24.3 Å². The van der Waals surface area contributed by atoms with Gasteiger partial charge in [-0.25, -0.2) is 0 Å². The van der Waals surface area contributed by atoms with Gasteiger partial charge < -0.3 is 10.4 Å². The molecule has 0 fully saturated rings. The molecule has 0 bridgehead atoms. The van der Waals surface area contributed by atoms with Crippen molar-refractivity contribution in [2.75, 3.05) is 6.61 Å². The molecule has 1 aromatic rings. The summed E-state index contributed by atoms with van der Waals surface area (Å²) in [5.74, 6) is 6.02. The van der Waals surface area contributed by atoms with Gasteiger partial charge in [-0.05, 0) is 31.0 Å². The second-order valence-electron chi connectivity index (χ2n) is 5.15. The molecule has 1 aromatic carbocycles. The molecule has 0 aliphatic carbocycles. The van der Waals surface area contributed by atoms with E-state index in [1.54, 1.807) is 0 Å². The van der Waals surface area contributed by atoms with Crippen molar-refractivity contribution >= 4 is 5.91 Å². The summed E-state index contributed by atoms with van der Waals surface area (Å²) in [6.07, 6.45) is 4.24. The van der Waals surface area contributed by atoms with Gasteiger partial charge in [0.2, 0.25) is 5.91 Å². The van der Waals surface area contributed by atoms with Gasteiger partial charge in [0.15, 0.2) is 0 Å². The van der Waals surface area contributed by atoms with Crippen LogP contribution in [0, 0.1) is 11.8 Å². The first-order chi connectivity index (χ1) is 10.2. The molecule has 0 aliphatic rings. The van der Waals surface area contributed by atoms with Crippen LogP contribution in [0.2, 0.25) is 0 Å². The molecular formula is C18H25NO2. The average Bonchev–Trinajstić information content (AvgIpc) is 2.48. The minimum Gasteiger partial charge on any atom is -0.395 e. The van der Waals surface area contributed by atoms with E-state index in [1.807, 2.05) is 31.2 Å². The molecule has 0 heterocycles. The van der Waals surface area contributed by atoms with Gasteiger partial charge in [0, 0.05) is 18.4 Å². The molecule has 3 nitrogen and oxygen atoms in total.